The van der Waals surface area contributed by atoms with Crippen molar-refractivity contribution >= 4 is 5.82 Å². The van der Waals surface area contributed by atoms with E-state index in [9.17, 15) is 0 Å². The molecule has 5 nitrogen and oxygen atoms in total. The Morgan fingerprint density at radius 3 is 2.85 bits per heavy atom. The van der Waals surface area contributed by atoms with Crippen molar-refractivity contribution < 1.29 is 4.74 Å². The summed E-state index contributed by atoms with van der Waals surface area (Å²) in [7, 11) is 0. The van der Waals surface area contributed by atoms with Crippen LogP contribution in [0.1, 0.15) is 40.3 Å². The summed E-state index contributed by atoms with van der Waals surface area (Å²) in [5, 5.41) is 3.37. The van der Waals surface area contributed by atoms with Gasteiger partial charge in [-0.1, -0.05) is 13.8 Å². The molecule has 0 radical (unpaired) electrons. The van der Waals surface area contributed by atoms with Gasteiger partial charge < -0.3 is 15.0 Å². The van der Waals surface area contributed by atoms with E-state index >= 15 is 0 Å². The number of anilines is 1. The highest BCUT2D eigenvalue weighted by atomic mass is 16.5. The van der Waals surface area contributed by atoms with Crippen LogP contribution in [0.4, 0.5) is 5.82 Å². The highest BCUT2D eigenvalue weighted by Gasteiger charge is 2.32. The molecule has 1 unspecified atom stereocenters. The largest absolute Gasteiger partial charge is 0.369 e. The van der Waals surface area contributed by atoms with Crippen LogP contribution >= 0.6 is 0 Å². The Labute approximate surface area is 121 Å². The van der Waals surface area contributed by atoms with Gasteiger partial charge in [0.05, 0.1) is 23.6 Å². The summed E-state index contributed by atoms with van der Waals surface area (Å²) in [4.78, 5) is 11.3. The first kappa shape index (κ1) is 15.2. The van der Waals surface area contributed by atoms with Gasteiger partial charge >= 0.3 is 0 Å². The Morgan fingerprint density at radius 1 is 1.45 bits per heavy atom. The van der Waals surface area contributed by atoms with Crippen LogP contribution in [-0.4, -0.2) is 40.8 Å². The van der Waals surface area contributed by atoms with Gasteiger partial charge in [0, 0.05) is 31.9 Å². The second kappa shape index (κ2) is 6.06. The molecule has 1 N–H and O–H groups in total. The fraction of sp³-hybridized carbons (Fsp3) is 0.733. The van der Waals surface area contributed by atoms with Crippen molar-refractivity contribution in [3.05, 3.63) is 18.1 Å². The molecule has 0 amide bonds. The first-order valence-electron chi connectivity index (χ1n) is 7.33. The Morgan fingerprint density at radius 2 is 2.20 bits per heavy atom. The molecule has 1 aliphatic rings. The third-order valence-electron chi connectivity index (χ3n) is 3.26. The van der Waals surface area contributed by atoms with Crippen molar-refractivity contribution in [2.24, 2.45) is 0 Å². The first-order valence-corrected chi connectivity index (χ1v) is 7.33. The number of rotatable bonds is 4. The molecule has 0 saturated carbocycles. The van der Waals surface area contributed by atoms with E-state index in [0.29, 0.717) is 6.04 Å². The molecular formula is C15H26N4O. The molecule has 1 fully saturated rings. The van der Waals surface area contributed by atoms with E-state index in [1.54, 1.807) is 0 Å². The summed E-state index contributed by atoms with van der Waals surface area (Å²) in [5.41, 5.74) is 0.832. The number of morpholine rings is 1. The van der Waals surface area contributed by atoms with Crippen LogP contribution in [0.3, 0.4) is 0 Å². The first-order chi connectivity index (χ1) is 9.35. The van der Waals surface area contributed by atoms with Gasteiger partial charge in [-0.15, -0.1) is 0 Å². The number of hydrogen-bond donors (Lipinski definition) is 1. The molecule has 2 rings (SSSR count). The molecule has 1 aromatic heterocycles. The van der Waals surface area contributed by atoms with Crippen LogP contribution < -0.4 is 10.2 Å². The molecule has 0 aromatic carbocycles. The number of hydrogen-bond acceptors (Lipinski definition) is 5. The molecule has 0 aliphatic carbocycles. The molecule has 2 heterocycles. The summed E-state index contributed by atoms with van der Waals surface area (Å²) in [6.07, 6.45) is 3.87. The van der Waals surface area contributed by atoms with Gasteiger partial charge in [-0.05, 0) is 20.8 Å². The number of aromatic nitrogens is 2. The van der Waals surface area contributed by atoms with Crippen LogP contribution in [0.5, 0.6) is 0 Å². The Hall–Kier alpha value is -1.20. The second-order valence-electron chi connectivity index (χ2n) is 6.47. The van der Waals surface area contributed by atoms with E-state index in [1.165, 1.54) is 0 Å². The van der Waals surface area contributed by atoms with Crippen LogP contribution in [0, 0.1) is 0 Å². The Bertz CT molecular complexity index is 447. The lowest BCUT2D eigenvalue weighted by Crippen LogP contribution is -2.52. The van der Waals surface area contributed by atoms with Gasteiger partial charge in [0.2, 0.25) is 0 Å². The van der Waals surface area contributed by atoms with Crippen LogP contribution in [-0.2, 0) is 11.3 Å². The quantitative estimate of drug-likeness (QED) is 0.912. The summed E-state index contributed by atoms with van der Waals surface area (Å²) < 4.78 is 5.93. The Kier molecular flexibility index (Phi) is 4.60. The SMILES string of the molecule is CC(C)NCc1cncc(N2CC(C)OC(C)(C)C2)n1. The van der Waals surface area contributed by atoms with Gasteiger partial charge in [-0.2, -0.15) is 0 Å². The minimum atomic E-state index is -0.147. The maximum absolute atomic E-state index is 5.93. The van der Waals surface area contributed by atoms with Crippen molar-refractivity contribution in [2.45, 2.75) is 58.9 Å². The minimum Gasteiger partial charge on any atom is -0.369 e. The highest BCUT2D eigenvalue weighted by Crippen LogP contribution is 2.24. The van der Waals surface area contributed by atoms with Crippen molar-refractivity contribution in [1.82, 2.24) is 15.3 Å². The summed E-state index contributed by atoms with van der Waals surface area (Å²) in [5.74, 6) is 0.941. The zero-order valence-corrected chi connectivity index (χ0v) is 13.2. The second-order valence-corrected chi connectivity index (χ2v) is 6.47. The van der Waals surface area contributed by atoms with E-state index < -0.39 is 0 Å². The molecule has 1 aliphatic heterocycles. The van der Waals surface area contributed by atoms with Gasteiger partial charge in [-0.25, -0.2) is 4.98 Å². The molecule has 1 saturated heterocycles. The normalized spacial score (nSPS) is 22.3. The van der Waals surface area contributed by atoms with E-state index in [1.807, 2.05) is 12.4 Å². The molecule has 1 aromatic rings. The van der Waals surface area contributed by atoms with Gasteiger partial charge in [0.1, 0.15) is 5.82 Å². The van der Waals surface area contributed by atoms with Crippen molar-refractivity contribution in [2.75, 3.05) is 18.0 Å². The third kappa shape index (κ3) is 4.15. The maximum atomic E-state index is 5.93. The lowest BCUT2D eigenvalue weighted by atomic mass is 10.1. The fourth-order valence-electron chi connectivity index (χ4n) is 2.57. The average molecular weight is 278 g/mol. The summed E-state index contributed by atoms with van der Waals surface area (Å²) in [6, 6.07) is 0.447. The third-order valence-corrected chi connectivity index (χ3v) is 3.26. The van der Waals surface area contributed by atoms with Gasteiger partial charge in [-0.3, -0.25) is 4.98 Å². The molecule has 0 spiro atoms. The van der Waals surface area contributed by atoms with E-state index in [4.69, 9.17) is 9.72 Å². The van der Waals surface area contributed by atoms with E-state index in [0.717, 1.165) is 31.1 Å². The minimum absolute atomic E-state index is 0.147. The van der Waals surface area contributed by atoms with Crippen LogP contribution in [0.15, 0.2) is 12.4 Å². The lowest BCUT2D eigenvalue weighted by molar-refractivity contribution is -0.0751. The summed E-state index contributed by atoms with van der Waals surface area (Å²) >= 11 is 0. The molecule has 0 bridgehead atoms. The monoisotopic (exact) mass is 278 g/mol. The fourth-order valence-corrected chi connectivity index (χ4v) is 2.57. The number of ether oxygens (including phenoxy) is 1. The molecular weight excluding hydrogens is 252 g/mol. The summed E-state index contributed by atoms with van der Waals surface area (Å²) in [6.45, 7) is 13.0. The van der Waals surface area contributed by atoms with Crippen molar-refractivity contribution in [3.8, 4) is 0 Å². The van der Waals surface area contributed by atoms with E-state index in [-0.39, 0.29) is 11.7 Å². The standard InChI is InChI=1S/C15H26N4O/c1-11(2)17-7-13-6-16-8-14(18-13)19-9-12(3)20-15(4,5)10-19/h6,8,11-12,17H,7,9-10H2,1-5H3. The van der Waals surface area contributed by atoms with Gasteiger partial charge in [0.25, 0.3) is 0 Å². The number of nitrogens with zero attached hydrogens (tertiary/aromatic N) is 3. The predicted octanol–water partition coefficient (Wildman–Crippen LogP) is 1.98. The maximum Gasteiger partial charge on any atom is 0.147 e. The molecule has 20 heavy (non-hydrogen) atoms. The molecule has 1 atom stereocenters. The van der Waals surface area contributed by atoms with Crippen molar-refractivity contribution in [3.63, 3.8) is 0 Å². The lowest BCUT2D eigenvalue weighted by Gasteiger charge is -2.42. The van der Waals surface area contributed by atoms with Crippen LogP contribution in [0.2, 0.25) is 0 Å². The average Bonchev–Trinajstić information content (AvgIpc) is 2.34. The zero-order valence-electron chi connectivity index (χ0n) is 13.2. The van der Waals surface area contributed by atoms with Crippen molar-refractivity contribution in [1.29, 1.82) is 0 Å². The van der Waals surface area contributed by atoms with Crippen LogP contribution in [0.25, 0.3) is 0 Å². The van der Waals surface area contributed by atoms with E-state index in [2.05, 4.69) is 49.8 Å². The molecule has 5 heteroatoms. The smallest absolute Gasteiger partial charge is 0.147 e. The van der Waals surface area contributed by atoms with Gasteiger partial charge in [0.15, 0.2) is 0 Å². The Balaban J connectivity index is 2.10. The predicted molar refractivity (Wildman–Crippen MR) is 80.8 cm³/mol. The number of nitrogens with one attached hydrogen (secondary N) is 1. The topological polar surface area (TPSA) is 50.3 Å². The molecule has 112 valence electrons. The zero-order chi connectivity index (χ0) is 14.8. The highest BCUT2D eigenvalue weighted by molar-refractivity contribution is 5.38.